The first-order valence-electron chi connectivity index (χ1n) is 12.4. The van der Waals surface area contributed by atoms with Gasteiger partial charge in [0.15, 0.2) is 0 Å². The third-order valence-electron chi connectivity index (χ3n) is 7.02. The molecule has 0 N–H and O–H groups in total. The minimum absolute atomic E-state index is 0.207. The van der Waals surface area contributed by atoms with Crippen molar-refractivity contribution in [2.24, 2.45) is 11.8 Å². The molecular weight excluding hydrogens is 402 g/mol. The number of hydrogen-bond acceptors (Lipinski definition) is 6. The SMILES string of the molecule is CCCCC1CCC(C(=O)N2CCN(c3ccc(-c4noc(C(C)C)n4)cn3)CC2)CC1. The summed E-state index contributed by atoms with van der Waals surface area (Å²) >= 11 is 0. The lowest BCUT2D eigenvalue weighted by Gasteiger charge is -2.38. The van der Waals surface area contributed by atoms with E-state index in [-0.39, 0.29) is 11.8 Å². The van der Waals surface area contributed by atoms with Crippen LogP contribution in [0, 0.1) is 11.8 Å². The second-order valence-electron chi connectivity index (χ2n) is 9.69. The van der Waals surface area contributed by atoms with Gasteiger partial charge >= 0.3 is 0 Å². The zero-order valence-corrected chi connectivity index (χ0v) is 19.8. The van der Waals surface area contributed by atoms with E-state index < -0.39 is 0 Å². The van der Waals surface area contributed by atoms with E-state index in [1.54, 1.807) is 6.20 Å². The first kappa shape index (κ1) is 22.7. The zero-order chi connectivity index (χ0) is 22.5. The Morgan fingerprint density at radius 3 is 2.47 bits per heavy atom. The molecule has 7 heteroatoms. The van der Waals surface area contributed by atoms with Crippen LogP contribution in [0.2, 0.25) is 0 Å². The molecule has 0 unspecified atom stereocenters. The topological polar surface area (TPSA) is 75.4 Å². The first-order chi connectivity index (χ1) is 15.5. The van der Waals surface area contributed by atoms with Gasteiger partial charge in [0, 0.05) is 49.8 Å². The molecule has 1 amide bonds. The van der Waals surface area contributed by atoms with E-state index in [2.05, 4.69) is 31.8 Å². The molecule has 0 spiro atoms. The number of amides is 1. The number of unbranched alkanes of at least 4 members (excludes halogenated alkanes) is 1. The smallest absolute Gasteiger partial charge is 0.229 e. The molecule has 0 atom stereocenters. The van der Waals surface area contributed by atoms with Crippen LogP contribution in [0.25, 0.3) is 11.4 Å². The second kappa shape index (κ2) is 10.5. The Morgan fingerprint density at radius 1 is 1.12 bits per heavy atom. The molecule has 1 aliphatic carbocycles. The van der Waals surface area contributed by atoms with Gasteiger partial charge in [0.2, 0.25) is 17.6 Å². The number of nitrogens with zero attached hydrogens (tertiary/aromatic N) is 5. The number of carbonyl (C=O) groups is 1. The second-order valence-corrected chi connectivity index (χ2v) is 9.69. The number of carbonyl (C=O) groups excluding carboxylic acids is 1. The molecule has 7 nitrogen and oxygen atoms in total. The fourth-order valence-corrected chi connectivity index (χ4v) is 4.90. The summed E-state index contributed by atoms with van der Waals surface area (Å²) in [5, 5.41) is 4.06. The third-order valence-corrected chi connectivity index (χ3v) is 7.02. The van der Waals surface area contributed by atoms with Crippen molar-refractivity contribution in [3.63, 3.8) is 0 Å². The minimum Gasteiger partial charge on any atom is -0.353 e. The zero-order valence-electron chi connectivity index (χ0n) is 19.8. The lowest BCUT2D eigenvalue weighted by atomic mass is 9.79. The van der Waals surface area contributed by atoms with Crippen LogP contribution in [-0.2, 0) is 4.79 Å². The monoisotopic (exact) mass is 439 g/mol. The van der Waals surface area contributed by atoms with Crippen LogP contribution in [0.15, 0.2) is 22.9 Å². The number of hydrogen-bond donors (Lipinski definition) is 0. The average molecular weight is 440 g/mol. The van der Waals surface area contributed by atoms with Crippen molar-refractivity contribution in [1.82, 2.24) is 20.0 Å². The number of aromatic nitrogens is 3. The molecule has 1 aliphatic heterocycles. The summed E-state index contributed by atoms with van der Waals surface area (Å²) in [6.07, 6.45) is 10.4. The minimum atomic E-state index is 0.207. The average Bonchev–Trinajstić information content (AvgIpc) is 3.34. The highest BCUT2D eigenvalue weighted by molar-refractivity contribution is 5.79. The van der Waals surface area contributed by atoms with E-state index in [1.807, 2.05) is 26.0 Å². The molecule has 32 heavy (non-hydrogen) atoms. The van der Waals surface area contributed by atoms with Crippen molar-refractivity contribution in [3.8, 4) is 11.4 Å². The first-order valence-corrected chi connectivity index (χ1v) is 12.4. The summed E-state index contributed by atoms with van der Waals surface area (Å²) in [5.41, 5.74) is 0.854. The molecule has 2 aromatic heterocycles. The van der Waals surface area contributed by atoms with Gasteiger partial charge in [-0.3, -0.25) is 4.79 Å². The highest BCUT2D eigenvalue weighted by Crippen LogP contribution is 2.33. The van der Waals surface area contributed by atoms with Crippen LogP contribution in [0.4, 0.5) is 5.82 Å². The highest BCUT2D eigenvalue weighted by atomic mass is 16.5. The Balaban J connectivity index is 1.27. The standard InChI is InChI=1S/C25H37N5O2/c1-4-5-6-19-7-9-20(10-8-19)25(31)30-15-13-29(14-16-30)22-12-11-21(17-26-22)23-27-24(18(2)3)32-28-23/h11-12,17-20H,4-10,13-16H2,1-3H3. The van der Waals surface area contributed by atoms with Crippen LogP contribution in [0.3, 0.4) is 0 Å². The molecule has 0 aromatic carbocycles. The summed E-state index contributed by atoms with van der Waals surface area (Å²) < 4.78 is 5.30. The van der Waals surface area contributed by atoms with Crippen molar-refractivity contribution in [3.05, 3.63) is 24.2 Å². The van der Waals surface area contributed by atoms with Gasteiger partial charge in [0.05, 0.1) is 0 Å². The summed E-state index contributed by atoms with van der Waals surface area (Å²) in [4.78, 5) is 26.4. The lowest BCUT2D eigenvalue weighted by molar-refractivity contribution is -0.137. The Bertz CT molecular complexity index is 863. The van der Waals surface area contributed by atoms with Gasteiger partial charge in [-0.1, -0.05) is 45.2 Å². The van der Waals surface area contributed by atoms with Crippen LogP contribution in [0.5, 0.6) is 0 Å². The summed E-state index contributed by atoms with van der Waals surface area (Å²) in [7, 11) is 0. The van der Waals surface area contributed by atoms with Crippen LogP contribution in [-0.4, -0.2) is 52.1 Å². The maximum atomic E-state index is 13.0. The molecule has 174 valence electrons. The molecule has 2 fully saturated rings. The third kappa shape index (κ3) is 5.30. The molecule has 2 aliphatic rings. The largest absolute Gasteiger partial charge is 0.353 e. The predicted octanol–water partition coefficient (Wildman–Crippen LogP) is 4.90. The van der Waals surface area contributed by atoms with Gasteiger partial charge in [-0.25, -0.2) is 4.98 Å². The van der Waals surface area contributed by atoms with Gasteiger partial charge in [0.1, 0.15) is 5.82 Å². The van der Waals surface area contributed by atoms with Gasteiger partial charge in [-0.2, -0.15) is 4.98 Å². The van der Waals surface area contributed by atoms with Crippen molar-refractivity contribution < 1.29 is 9.32 Å². The Morgan fingerprint density at radius 2 is 1.88 bits per heavy atom. The summed E-state index contributed by atoms with van der Waals surface area (Å²) in [5.74, 6) is 3.81. The molecule has 0 radical (unpaired) electrons. The van der Waals surface area contributed by atoms with E-state index in [4.69, 9.17) is 4.52 Å². The van der Waals surface area contributed by atoms with E-state index in [1.165, 1.54) is 32.1 Å². The molecule has 2 aromatic rings. The van der Waals surface area contributed by atoms with Crippen molar-refractivity contribution in [2.75, 3.05) is 31.1 Å². The van der Waals surface area contributed by atoms with Crippen molar-refractivity contribution in [1.29, 1.82) is 0 Å². The summed E-state index contributed by atoms with van der Waals surface area (Å²) in [6, 6.07) is 4.00. The molecule has 4 rings (SSSR count). The predicted molar refractivity (Wildman–Crippen MR) is 125 cm³/mol. The van der Waals surface area contributed by atoms with Crippen LogP contribution in [0.1, 0.15) is 77.5 Å². The van der Waals surface area contributed by atoms with E-state index in [0.29, 0.717) is 17.6 Å². The van der Waals surface area contributed by atoms with Gasteiger partial charge in [-0.15, -0.1) is 0 Å². The van der Waals surface area contributed by atoms with E-state index in [9.17, 15) is 4.79 Å². The van der Waals surface area contributed by atoms with E-state index in [0.717, 1.165) is 56.3 Å². The molecule has 1 saturated carbocycles. The van der Waals surface area contributed by atoms with Gasteiger partial charge in [-0.05, 0) is 43.7 Å². The number of anilines is 1. The van der Waals surface area contributed by atoms with E-state index >= 15 is 0 Å². The summed E-state index contributed by atoms with van der Waals surface area (Å²) in [6.45, 7) is 9.52. The Hall–Kier alpha value is -2.44. The molecule has 1 saturated heterocycles. The van der Waals surface area contributed by atoms with Crippen LogP contribution >= 0.6 is 0 Å². The molecular formula is C25H37N5O2. The number of piperazine rings is 1. The maximum absolute atomic E-state index is 13.0. The fourth-order valence-electron chi connectivity index (χ4n) is 4.90. The Labute approximate surface area is 191 Å². The van der Waals surface area contributed by atoms with Gasteiger partial charge in [0.25, 0.3) is 0 Å². The normalized spacial score (nSPS) is 21.9. The molecule has 0 bridgehead atoms. The molecule has 3 heterocycles. The number of pyridine rings is 1. The maximum Gasteiger partial charge on any atom is 0.229 e. The van der Waals surface area contributed by atoms with Crippen LogP contribution < -0.4 is 4.90 Å². The number of rotatable bonds is 7. The quantitative estimate of drug-likeness (QED) is 0.611. The van der Waals surface area contributed by atoms with Crippen molar-refractivity contribution in [2.45, 2.75) is 71.6 Å². The highest BCUT2D eigenvalue weighted by Gasteiger charge is 2.31. The van der Waals surface area contributed by atoms with Gasteiger partial charge < -0.3 is 14.3 Å². The Kier molecular flexibility index (Phi) is 7.43. The fraction of sp³-hybridized carbons (Fsp3) is 0.680. The van der Waals surface area contributed by atoms with Crippen molar-refractivity contribution >= 4 is 11.7 Å². The lowest BCUT2D eigenvalue weighted by Crippen LogP contribution is -2.51.